The first-order valence-corrected chi connectivity index (χ1v) is 5.79. The van der Waals surface area contributed by atoms with E-state index in [-0.39, 0.29) is 19.1 Å². The summed E-state index contributed by atoms with van der Waals surface area (Å²) < 4.78 is 0. The summed E-state index contributed by atoms with van der Waals surface area (Å²) in [6.07, 6.45) is 5.87. The molecule has 0 aromatic heterocycles. The third kappa shape index (κ3) is 11.3. The Balaban J connectivity index is 3.10. The van der Waals surface area contributed by atoms with E-state index in [0.717, 1.165) is 38.6 Å². The molecule has 0 aliphatic heterocycles. The molecule has 0 unspecified atom stereocenters. The van der Waals surface area contributed by atoms with E-state index in [0.29, 0.717) is 12.8 Å². The zero-order chi connectivity index (χ0) is 11.4. The lowest BCUT2D eigenvalue weighted by molar-refractivity contribution is -0.121. The highest BCUT2D eigenvalue weighted by atomic mass is 16.3. The summed E-state index contributed by atoms with van der Waals surface area (Å²) in [5, 5.41) is 19.9. The Morgan fingerprint density at radius 1 is 0.867 bits per heavy atom. The molecule has 0 aromatic carbocycles. The first-order chi connectivity index (χ1) is 7.31. The Hall–Kier alpha value is -0.610. The summed E-state index contributed by atoms with van der Waals surface area (Å²) in [5.74, 6) is 0.0746. The number of rotatable bonds is 10. The molecule has 0 spiro atoms. The van der Waals surface area contributed by atoms with Crippen LogP contribution in [0.25, 0.3) is 0 Å². The second-order valence-electron chi connectivity index (χ2n) is 3.67. The van der Waals surface area contributed by atoms with Gasteiger partial charge in [-0.2, -0.15) is 0 Å². The largest absolute Gasteiger partial charge is 0.396 e. The number of amides is 1. The van der Waals surface area contributed by atoms with Crippen LogP contribution >= 0.6 is 0 Å². The van der Waals surface area contributed by atoms with E-state index in [1.807, 2.05) is 0 Å². The zero-order valence-electron chi connectivity index (χ0n) is 9.37. The van der Waals surface area contributed by atoms with Gasteiger partial charge in [-0.25, -0.2) is 0 Å². The molecule has 90 valence electrons. The second kappa shape index (κ2) is 11.5. The fourth-order valence-corrected chi connectivity index (χ4v) is 1.30. The first kappa shape index (κ1) is 14.4. The molecule has 0 saturated carbocycles. The Kier molecular flexibility index (Phi) is 11.0. The van der Waals surface area contributed by atoms with Gasteiger partial charge in [-0.15, -0.1) is 0 Å². The molecule has 1 amide bonds. The summed E-state index contributed by atoms with van der Waals surface area (Å²) in [7, 11) is 0. The normalized spacial score (nSPS) is 10.3. The molecule has 4 heteroatoms. The molecule has 0 fully saturated rings. The van der Waals surface area contributed by atoms with Crippen LogP contribution in [0.2, 0.25) is 0 Å². The van der Waals surface area contributed by atoms with Crippen LogP contribution in [-0.4, -0.2) is 35.9 Å². The number of hydrogen-bond acceptors (Lipinski definition) is 3. The van der Waals surface area contributed by atoms with Crippen molar-refractivity contribution in [2.24, 2.45) is 0 Å². The van der Waals surface area contributed by atoms with Gasteiger partial charge in [-0.05, 0) is 25.7 Å². The molecule has 0 bridgehead atoms. The van der Waals surface area contributed by atoms with Gasteiger partial charge in [0.05, 0.1) is 0 Å². The summed E-state index contributed by atoms with van der Waals surface area (Å²) in [5.41, 5.74) is 0. The second-order valence-corrected chi connectivity index (χ2v) is 3.67. The molecule has 0 heterocycles. The minimum atomic E-state index is 0.0746. The average Bonchev–Trinajstić information content (AvgIpc) is 2.23. The van der Waals surface area contributed by atoms with Crippen molar-refractivity contribution in [3.8, 4) is 0 Å². The predicted octanol–water partition coefficient (Wildman–Crippen LogP) is 0.818. The van der Waals surface area contributed by atoms with Crippen molar-refractivity contribution in [3.05, 3.63) is 0 Å². The maximum absolute atomic E-state index is 11.2. The lowest BCUT2D eigenvalue weighted by Crippen LogP contribution is -2.24. The maximum Gasteiger partial charge on any atom is 0.219 e. The van der Waals surface area contributed by atoms with E-state index in [1.165, 1.54) is 0 Å². The van der Waals surface area contributed by atoms with Gasteiger partial charge in [0.1, 0.15) is 0 Å². The predicted molar refractivity (Wildman–Crippen MR) is 59.5 cm³/mol. The minimum Gasteiger partial charge on any atom is -0.396 e. The zero-order valence-corrected chi connectivity index (χ0v) is 9.37. The molecule has 0 radical (unpaired) electrons. The van der Waals surface area contributed by atoms with Gasteiger partial charge in [0.2, 0.25) is 5.91 Å². The van der Waals surface area contributed by atoms with Crippen LogP contribution in [0.3, 0.4) is 0 Å². The molecule has 0 saturated heterocycles. The molecular weight excluding hydrogens is 194 g/mol. The van der Waals surface area contributed by atoms with E-state index >= 15 is 0 Å². The SMILES string of the molecule is O=C(CCCCO)NCCCCCCO. The van der Waals surface area contributed by atoms with Crippen LogP contribution in [0.4, 0.5) is 0 Å². The molecular formula is C11H23NO3. The van der Waals surface area contributed by atoms with Crippen molar-refractivity contribution in [1.29, 1.82) is 0 Å². The van der Waals surface area contributed by atoms with Gasteiger partial charge in [0.15, 0.2) is 0 Å². The standard InChI is InChI=1S/C11H23NO3/c13-9-5-2-1-4-8-12-11(15)7-3-6-10-14/h13-14H,1-10H2,(H,12,15). The topological polar surface area (TPSA) is 69.6 Å². The molecule has 0 aliphatic carbocycles. The van der Waals surface area contributed by atoms with Crippen LogP contribution in [0.5, 0.6) is 0 Å². The number of hydrogen-bond donors (Lipinski definition) is 3. The summed E-state index contributed by atoms with van der Waals surface area (Å²) in [4.78, 5) is 11.2. The van der Waals surface area contributed by atoms with E-state index < -0.39 is 0 Å². The number of unbranched alkanes of at least 4 members (excludes halogenated alkanes) is 4. The molecule has 4 nitrogen and oxygen atoms in total. The summed E-state index contributed by atoms with van der Waals surface area (Å²) >= 11 is 0. The van der Waals surface area contributed by atoms with Crippen molar-refractivity contribution in [2.45, 2.75) is 44.9 Å². The Labute approximate surface area is 91.7 Å². The monoisotopic (exact) mass is 217 g/mol. The van der Waals surface area contributed by atoms with Crippen LogP contribution in [0, 0.1) is 0 Å². The van der Waals surface area contributed by atoms with Crippen molar-refractivity contribution in [2.75, 3.05) is 19.8 Å². The van der Waals surface area contributed by atoms with E-state index in [2.05, 4.69) is 5.32 Å². The minimum absolute atomic E-state index is 0.0746. The Bertz CT molecular complexity index is 151. The molecule has 0 atom stereocenters. The summed E-state index contributed by atoms with van der Waals surface area (Å²) in [6.45, 7) is 1.14. The van der Waals surface area contributed by atoms with Gasteiger partial charge in [-0.3, -0.25) is 4.79 Å². The highest BCUT2D eigenvalue weighted by Crippen LogP contribution is 1.98. The average molecular weight is 217 g/mol. The Morgan fingerprint density at radius 3 is 2.13 bits per heavy atom. The molecule has 15 heavy (non-hydrogen) atoms. The third-order valence-electron chi connectivity index (χ3n) is 2.22. The molecule has 0 aliphatic rings. The summed E-state index contributed by atoms with van der Waals surface area (Å²) in [6, 6.07) is 0. The van der Waals surface area contributed by atoms with Crippen molar-refractivity contribution < 1.29 is 15.0 Å². The van der Waals surface area contributed by atoms with Crippen LogP contribution < -0.4 is 5.32 Å². The van der Waals surface area contributed by atoms with Crippen LogP contribution in [-0.2, 0) is 4.79 Å². The quantitative estimate of drug-likeness (QED) is 0.474. The highest BCUT2D eigenvalue weighted by Gasteiger charge is 1.99. The Morgan fingerprint density at radius 2 is 1.47 bits per heavy atom. The number of nitrogens with one attached hydrogen (secondary N) is 1. The van der Waals surface area contributed by atoms with Gasteiger partial charge < -0.3 is 15.5 Å². The first-order valence-electron chi connectivity index (χ1n) is 5.79. The van der Waals surface area contributed by atoms with Crippen molar-refractivity contribution in [1.82, 2.24) is 5.32 Å². The molecule has 0 aromatic rings. The van der Waals surface area contributed by atoms with E-state index in [9.17, 15) is 4.79 Å². The molecule has 3 N–H and O–H groups in total. The fourth-order valence-electron chi connectivity index (χ4n) is 1.30. The van der Waals surface area contributed by atoms with Gasteiger partial charge in [0.25, 0.3) is 0 Å². The molecule has 0 rings (SSSR count). The van der Waals surface area contributed by atoms with Crippen molar-refractivity contribution in [3.63, 3.8) is 0 Å². The van der Waals surface area contributed by atoms with E-state index in [1.54, 1.807) is 0 Å². The van der Waals surface area contributed by atoms with Crippen molar-refractivity contribution >= 4 is 5.91 Å². The van der Waals surface area contributed by atoms with Gasteiger partial charge in [0, 0.05) is 26.2 Å². The number of aliphatic hydroxyl groups is 2. The lowest BCUT2D eigenvalue weighted by Gasteiger charge is -2.04. The smallest absolute Gasteiger partial charge is 0.219 e. The third-order valence-corrected chi connectivity index (χ3v) is 2.22. The van der Waals surface area contributed by atoms with Crippen LogP contribution in [0.1, 0.15) is 44.9 Å². The van der Waals surface area contributed by atoms with E-state index in [4.69, 9.17) is 10.2 Å². The maximum atomic E-state index is 11.2. The van der Waals surface area contributed by atoms with Crippen LogP contribution in [0.15, 0.2) is 0 Å². The highest BCUT2D eigenvalue weighted by molar-refractivity contribution is 5.75. The fraction of sp³-hybridized carbons (Fsp3) is 0.909. The van der Waals surface area contributed by atoms with Gasteiger partial charge in [-0.1, -0.05) is 12.8 Å². The number of aliphatic hydroxyl groups excluding tert-OH is 2. The number of carbonyl (C=O) groups is 1. The number of carbonyl (C=O) groups excluding carboxylic acids is 1. The lowest BCUT2D eigenvalue weighted by atomic mass is 10.2. The van der Waals surface area contributed by atoms with Gasteiger partial charge >= 0.3 is 0 Å².